The molecule has 2 N–H and O–H groups in total. The molecule has 3 heteroatoms. The number of hydrogen-bond acceptors (Lipinski definition) is 3. The van der Waals surface area contributed by atoms with Crippen LogP contribution in [0, 0.1) is 29.6 Å². The topological polar surface area (TPSA) is 53.0 Å². The van der Waals surface area contributed by atoms with Crippen LogP contribution in [-0.2, 0) is 4.74 Å². The van der Waals surface area contributed by atoms with Crippen LogP contribution >= 0.6 is 0 Å². The summed E-state index contributed by atoms with van der Waals surface area (Å²) in [6.07, 6.45) is 4.09. The van der Waals surface area contributed by atoms with Crippen molar-refractivity contribution in [1.82, 2.24) is 0 Å². The highest BCUT2D eigenvalue weighted by Gasteiger charge is 2.69. The van der Waals surface area contributed by atoms with E-state index in [0.29, 0.717) is 24.4 Å². The minimum Gasteiger partial charge on any atom is -0.392 e. The van der Waals surface area contributed by atoms with E-state index in [9.17, 15) is 10.2 Å². The molecule has 0 aromatic rings. The third kappa shape index (κ3) is 3.00. The summed E-state index contributed by atoms with van der Waals surface area (Å²) in [7, 11) is 0. The van der Waals surface area contributed by atoms with Crippen molar-refractivity contribution in [2.75, 3.05) is 0 Å². The van der Waals surface area contributed by atoms with Gasteiger partial charge in [-0.05, 0) is 63.7 Å². The number of fused-ring (bicyclic) bond motifs is 3. The van der Waals surface area contributed by atoms with Gasteiger partial charge in [-0.3, -0.25) is 0 Å². The van der Waals surface area contributed by atoms with Gasteiger partial charge in [-0.15, -0.1) is 0 Å². The van der Waals surface area contributed by atoms with Gasteiger partial charge in [0.15, 0.2) is 0 Å². The average molecular weight is 335 g/mol. The summed E-state index contributed by atoms with van der Waals surface area (Å²) < 4.78 is 5.92. The molecule has 0 spiro atoms. The number of ether oxygens (including phenoxy) is 1. The molecule has 0 aromatic carbocycles. The van der Waals surface area contributed by atoms with Gasteiger partial charge in [0.25, 0.3) is 0 Å². The smallest absolute Gasteiger partial charge is 0.0979 e. The number of rotatable bonds is 4. The summed E-state index contributed by atoms with van der Waals surface area (Å²) in [6.45, 7) is 15.0. The SMILES string of the molecule is C=C1C(C)C[C@@H]([C@H](C)CC(O)C=C(C)C)[C@@H](O)[C@H]2[C@H]1CC1OC12C. The van der Waals surface area contributed by atoms with E-state index in [1.54, 1.807) is 0 Å². The second-order valence-corrected chi connectivity index (χ2v) is 9.05. The molecule has 0 aromatic heterocycles. The molecular weight excluding hydrogens is 300 g/mol. The van der Waals surface area contributed by atoms with Crippen molar-refractivity contribution in [2.45, 2.75) is 77.8 Å². The molecule has 2 aliphatic carbocycles. The quantitative estimate of drug-likeness (QED) is 0.609. The van der Waals surface area contributed by atoms with Crippen molar-refractivity contribution in [1.29, 1.82) is 0 Å². The van der Waals surface area contributed by atoms with Crippen LogP contribution in [0.2, 0.25) is 0 Å². The first-order chi connectivity index (χ1) is 11.1. The summed E-state index contributed by atoms with van der Waals surface area (Å²) >= 11 is 0. The van der Waals surface area contributed by atoms with Gasteiger partial charge in [0.1, 0.15) is 0 Å². The second kappa shape index (κ2) is 6.26. The maximum atomic E-state index is 11.3. The third-order valence-corrected chi connectivity index (χ3v) is 6.95. The molecule has 3 nitrogen and oxygen atoms in total. The Morgan fingerprint density at radius 2 is 2.08 bits per heavy atom. The van der Waals surface area contributed by atoms with E-state index in [0.717, 1.165) is 18.4 Å². The Bertz CT molecular complexity index is 535. The fourth-order valence-corrected chi connectivity index (χ4v) is 5.49. The minimum absolute atomic E-state index is 0.159. The molecule has 4 unspecified atom stereocenters. The van der Waals surface area contributed by atoms with Crippen LogP contribution in [0.3, 0.4) is 0 Å². The molecule has 136 valence electrons. The monoisotopic (exact) mass is 334 g/mol. The molecule has 24 heavy (non-hydrogen) atoms. The van der Waals surface area contributed by atoms with Gasteiger partial charge in [-0.1, -0.05) is 37.6 Å². The summed E-state index contributed by atoms with van der Waals surface area (Å²) in [5.74, 6) is 1.42. The summed E-state index contributed by atoms with van der Waals surface area (Å²) in [5.41, 5.74) is 2.28. The largest absolute Gasteiger partial charge is 0.392 e. The van der Waals surface area contributed by atoms with Crippen molar-refractivity contribution >= 4 is 0 Å². The van der Waals surface area contributed by atoms with E-state index in [4.69, 9.17) is 4.74 Å². The van der Waals surface area contributed by atoms with Gasteiger partial charge in [0.05, 0.1) is 23.9 Å². The molecule has 3 fully saturated rings. The lowest BCUT2D eigenvalue weighted by Gasteiger charge is -2.35. The van der Waals surface area contributed by atoms with Gasteiger partial charge >= 0.3 is 0 Å². The summed E-state index contributed by atoms with van der Waals surface area (Å²) in [5, 5.41) is 21.6. The molecule has 3 rings (SSSR count). The van der Waals surface area contributed by atoms with E-state index in [2.05, 4.69) is 27.4 Å². The first kappa shape index (κ1) is 18.2. The Balaban J connectivity index is 1.80. The summed E-state index contributed by atoms with van der Waals surface area (Å²) in [6, 6.07) is 0. The molecule has 2 saturated carbocycles. The Kier molecular flexibility index (Phi) is 4.74. The molecule has 1 saturated heterocycles. The molecule has 0 radical (unpaired) electrons. The molecular formula is C21H34O3. The fourth-order valence-electron chi connectivity index (χ4n) is 5.49. The van der Waals surface area contributed by atoms with Crippen LogP contribution in [-0.4, -0.2) is 34.1 Å². The maximum Gasteiger partial charge on any atom is 0.0979 e. The van der Waals surface area contributed by atoms with Gasteiger partial charge in [0.2, 0.25) is 0 Å². The van der Waals surface area contributed by atoms with E-state index in [1.165, 1.54) is 5.57 Å². The minimum atomic E-state index is -0.432. The number of epoxide rings is 1. The highest BCUT2D eigenvalue weighted by Crippen LogP contribution is 2.62. The van der Waals surface area contributed by atoms with Crippen LogP contribution in [0.25, 0.3) is 0 Å². The summed E-state index contributed by atoms with van der Waals surface area (Å²) in [4.78, 5) is 0. The van der Waals surface area contributed by atoms with Crippen molar-refractivity contribution in [2.24, 2.45) is 29.6 Å². The Morgan fingerprint density at radius 1 is 1.42 bits per heavy atom. The molecule has 1 aliphatic heterocycles. The van der Waals surface area contributed by atoms with E-state index >= 15 is 0 Å². The Labute approximate surface area is 146 Å². The van der Waals surface area contributed by atoms with Gasteiger partial charge in [-0.2, -0.15) is 0 Å². The average Bonchev–Trinajstić information content (AvgIpc) is 3.04. The van der Waals surface area contributed by atoms with Crippen LogP contribution < -0.4 is 0 Å². The van der Waals surface area contributed by atoms with Gasteiger partial charge in [-0.25, -0.2) is 0 Å². The second-order valence-electron chi connectivity index (χ2n) is 9.05. The molecule has 3 aliphatic rings. The fraction of sp³-hybridized carbons (Fsp3) is 0.810. The molecule has 0 amide bonds. The first-order valence-corrected chi connectivity index (χ1v) is 9.52. The van der Waals surface area contributed by atoms with Crippen LogP contribution in [0.15, 0.2) is 23.8 Å². The van der Waals surface area contributed by atoms with E-state index in [-0.39, 0.29) is 29.5 Å². The maximum absolute atomic E-state index is 11.3. The Morgan fingerprint density at radius 3 is 2.71 bits per heavy atom. The van der Waals surface area contributed by atoms with Gasteiger partial charge < -0.3 is 14.9 Å². The third-order valence-electron chi connectivity index (χ3n) is 6.95. The zero-order valence-corrected chi connectivity index (χ0v) is 15.8. The van der Waals surface area contributed by atoms with Crippen molar-refractivity contribution < 1.29 is 14.9 Å². The number of allylic oxidation sites excluding steroid dienone is 2. The van der Waals surface area contributed by atoms with Crippen molar-refractivity contribution in [3.8, 4) is 0 Å². The molecule has 9 atom stereocenters. The number of aliphatic hydroxyl groups is 2. The Hall–Kier alpha value is -0.640. The lowest BCUT2D eigenvalue weighted by Crippen LogP contribution is -2.41. The zero-order valence-electron chi connectivity index (χ0n) is 15.8. The van der Waals surface area contributed by atoms with Crippen LogP contribution in [0.1, 0.15) is 53.9 Å². The van der Waals surface area contributed by atoms with Gasteiger partial charge in [0, 0.05) is 5.92 Å². The van der Waals surface area contributed by atoms with Crippen LogP contribution in [0.4, 0.5) is 0 Å². The number of aliphatic hydroxyl groups excluding tert-OH is 2. The molecule has 0 bridgehead atoms. The van der Waals surface area contributed by atoms with E-state index in [1.807, 2.05) is 19.9 Å². The lowest BCUT2D eigenvalue weighted by atomic mass is 9.74. The van der Waals surface area contributed by atoms with Crippen LogP contribution in [0.5, 0.6) is 0 Å². The standard InChI is InChI=1S/C21H34O3/c1-11(2)7-15(22)8-13(4)16-9-12(3)14(5)17-10-18-21(6,24-18)19(17)20(16)23/h7,12-13,15-20,22-23H,5,8-10H2,1-4,6H3/t12?,13-,15?,16+,17+,18?,19-,20-,21?/m1/s1. The number of hydrogen-bond donors (Lipinski definition) is 2. The first-order valence-electron chi connectivity index (χ1n) is 9.52. The van der Waals surface area contributed by atoms with Crippen molar-refractivity contribution in [3.63, 3.8) is 0 Å². The zero-order chi connectivity index (χ0) is 17.8. The highest BCUT2D eigenvalue weighted by atomic mass is 16.6. The highest BCUT2D eigenvalue weighted by molar-refractivity contribution is 5.25. The predicted molar refractivity (Wildman–Crippen MR) is 96.5 cm³/mol. The normalized spacial score (nSPS) is 46.5. The predicted octanol–water partition coefficient (Wildman–Crippen LogP) is 3.71. The molecule has 1 heterocycles. The van der Waals surface area contributed by atoms with Crippen molar-refractivity contribution in [3.05, 3.63) is 23.8 Å². The van der Waals surface area contributed by atoms with E-state index < -0.39 is 6.10 Å². The lowest BCUT2D eigenvalue weighted by molar-refractivity contribution is -0.0231.